The number of hydrogen-bond donors (Lipinski definition) is 0. The summed E-state index contributed by atoms with van der Waals surface area (Å²) in [5, 5.41) is 0. The Kier molecular flexibility index (Phi) is 5.70. The Morgan fingerprint density at radius 3 is 1.79 bits per heavy atom. The number of fused-ring (bicyclic) bond motifs is 4. The van der Waals surface area contributed by atoms with Gasteiger partial charge in [0.15, 0.2) is 11.5 Å². The monoisotopic (exact) mass is 556 g/mol. The lowest BCUT2D eigenvalue weighted by Gasteiger charge is -2.45. The highest BCUT2D eigenvalue weighted by Gasteiger charge is 2.42. The van der Waals surface area contributed by atoms with Gasteiger partial charge in [-0.25, -0.2) is 0 Å². The molecule has 208 valence electrons. The van der Waals surface area contributed by atoms with Gasteiger partial charge in [-0.3, -0.25) is 0 Å². The molecule has 43 heavy (non-hydrogen) atoms. The molecule has 0 atom stereocenters. The van der Waals surface area contributed by atoms with Gasteiger partial charge >= 0.3 is 0 Å². The fourth-order valence-electron chi connectivity index (χ4n) is 6.77. The largest absolute Gasteiger partial charge is 0.453 e. The number of anilines is 6. The van der Waals surface area contributed by atoms with E-state index >= 15 is 0 Å². The third-order valence-corrected chi connectivity index (χ3v) is 8.94. The summed E-state index contributed by atoms with van der Waals surface area (Å²) < 4.78 is 6.46. The summed E-state index contributed by atoms with van der Waals surface area (Å²) in [6.07, 6.45) is 0. The minimum Gasteiger partial charge on any atom is -0.453 e. The standard InChI is InChI=1S/C40H32N2O/c1-27-12-10-18-36-38(27)42-35-25-22-29(26-34(35)40(2,3)33-17-11-19-37(43-36)39(33)42)28-20-23-32(24-21-28)41(30-13-6-4-7-14-30)31-15-8-5-9-16-31/h4-26H,1-3H3. The zero-order chi connectivity index (χ0) is 29.1. The Bertz CT molecular complexity index is 1940. The van der Waals surface area contributed by atoms with Crippen LogP contribution in [-0.4, -0.2) is 0 Å². The van der Waals surface area contributed by atoms with Crippen LogP contribution in [0, 0.1) is 6.92 Å². The van der Waals surface area contributed by atoms with Crippen molar-refractivity contribution >= 4 is 34.1 Å². The van der Waals surface area contributed by atoms with Crippen molar-refractivity contribution < 1.29 is 4.74 Å². The molecule has 2 aliphatic rings. The fraction of sp³-hybridized carbons (Fsp3) is 0.100. The fourth-order valence-corrected chi connectivity index (χ4v) is 6.77. The van der Waals surface area contributed by atoms with Gasteiger partial charge in [-0.05, 0) is 95.4 Å². The summed E-state index contributed by atoms with van der Waals surface area (Å²) in [6, 6.07) is 49.7. The maximum Gasteiger partial charge on any atom is 0.151 e. The van der Waals surface area contributed by atoms with Gasteiger partial charge in [0.2, 0.25) is 0 Å². The lowest BCUT2D eigenvalue weighted by Crippen LogP contribution is -2.32. The van der Waals surface area contributed by atoms with Crippen LogP contribution in [0.5, 0.6) is 11.5 Å². The summed E-state index contributed by atoms with van der Waals surface area (Å²) in [6.45, 7) is 6.83. The zero-order valence-corrected chi connectivity index (χ0v) is 24.6. The molecule has 6 aromatic rings. The maximum atomic E-state index is 6.46. The van der Waals surface area contributed by atoms with E-state index in [1.165, 1.54) is 33.5 Å². The maximum absolute atomic E-state index is 6.46. The molecular weight excluding hydrogens is 524 g/mol. The Balaban J connectivity index is 1.23. The smallest absolute Gasteiger partial charge is 0.151 e. The van der Waals surface area contributed by atoms with E-state index in [1.807, 2.05) is 0 Å². The van der Waals surface area contributed by atoms with Gasteiger partial charge in [0.1, 0.15) is 0 Å². The molecule has 6 aromatic carbocycles. The molecule has 0 aromatic heterocycles. The van der Waals surface area contributed by atoms with Gasteiger partial charge in [0.25, 0.3) is 0 Å². The number of hydrogen-bond acceptors (Lipinski definition) is 3. The first-order valence-corrected chi connectivity index (χ1v) is 14.9. The van der Waals surface area contributed by atoms with Crippen molar-refractivity contribution in [2.75, 3.05) is 9.80 Å². The number of para-hydroxylation sites is 4. The molecule has 0 amide bonds. The lowest BCUT2D eigenvalue weighted by atomic mass is 9.72. The van der Waals surface area contributed by atoms with Gasteiger partial charge in [-0.15, -0.1) is 0 Å². The van der Waals surface area contributed by atoms with Crippen molar-refractivity contribution in [3.8, 4) is 22.6 Å². The molecule has 2 heterocycles. The molecule has 8 rings (SSSR count). The second kappa shape index (κ2) is 9.64. The second-order valence-electron chi connectivity index (χ2n) is 11.9. The van der Waals surface area contributed by atoms with E-state index in [9.17, 15) is 0 Å². The Hall–Kier alpha value is -5.28. The van der Waals surface area contributed by atoms with Crippen molar-refractivity contribution in [1.29, 1.82) is 0 Å². The molecule has 2 aliphatic heterocycles. The molecule has 0 unspecified atom stereocenters. The number of nitrogens with zero attached hydrogens (tertiary/aromatic N) is 2. The first kappa shape index (κ1) is 25.4. The average Bonchev–Trinajstić information content (AvgIpc) is 3.04. The van der Waals surface area contributed by atoms with Gasteiger partial charge in [-0.2, -0.15) is 0 Å². The highest BCUT2D eigenvalue weighted by molar-refractivity contribution is 5.95. The highest BCUT2D eigenvalue weighted by Crippen LogP contribution is 2.60. The van der Waals surface area contributed by atoms with Crippen LogP contribution in [0.2, 0.25) is 0 Å². The van der Waals surface area contributed by atoms with E-state index in [1.54, 1.807) is 0 Å². The molecule has 0 aliphatic carbocycles. The van der Waals surface area contributed by atoms with Crippen molar-refractivity contribution in [2.24, 2.45) is 0 Å². The van der Waals surface area contributed by atoms with Gasteiger partial charge < -0.3 is 14.5 Å². The number of aryl methyl sites for hydroxylation is 1. The predicted molar refractivity (Wildman–Crippen MR) is 178 cm³/mol. The van der Waals surface area contributed by atoms with Crippen LogP contribution >= 0.6 is 0 Å². The van der Waals surface area contributed by atoms with Crippen LogP contribution < -0.4 is 14.5 Å². The molecule has 3 nitrogen and oxygen atoms in total. The highest BCUT2D eigenvalue weighted by atomic mass is 16.5. The quantitative estimate of drug-likeness (QED) is 0.214. The van der Waals surface area contributed by atoms with Crippen LogP contribution in [0.15, 0.2) is 140 Å². The van der Waals surface area contributed by atoms with Crippen LogP contribution in [0.25, 0.3) is 11.1 Å². The van der Waals surface area contributed by atoms with Gasteiger partial charge in [-0.1, -0.05) is 92.7 Å². The van der Waals surface area contributed by atoms with Crippen LogP contribution in [0.4, 0.5) is 34.1 Å². The second-order valence-corrected chi connectivity index (χ2v) is 11.9. The van der Waals surface area contributed by atoms with E-state index in [4.69, 9.17) is 4.74 Å². The molecule has 0 saturated carbocycles. The molecule has 0 spiro atoms. The third-order valence-electron chi connectivity index (χ3n) is 8.94. The summed E-state index contributed by atoms with van der Waals surface area (Å²) in [7, 11) is 0. The molecule has 0 N–H and O–H groups in total. The summed E-state index contributed by atoms with van der Waals surface area (Å²) in [5.74, 6) is 1.81. The van der Waals surface area contributed by atoms with E-state index in [-0.39, 0.29) is 5.41 Å². The Morgan fingerprint density at radius 2 is 1.12 bits per heavy atom. The SMILES string of the molecule is Cc1cccc2c1N1c3ccc(-c4ccc(N(c5ccccc5)c5ccccc5)cc4)cc3C(C)(C)c3cccc(c31)O2. The average molecular weight is 557 g/mol. The van der Waals surface area contributed by atoms with Crippen molar-refractivity contribution in [2.45, 2.75) is 26.2 Å². The third kappa shape index (κ3) is 3.96. The zero-order valence-electron chi connectivity index (χ0n) is 24.6. The topological polar surface area (TPSA) is 15.7 Å². The van der Waals surface area contributed by atoms with Gasteiger partial charge in [0, 0.05) is 22.5 Å². The number of ether oxygens (including phenoxy) is 1. The normalized spacial score (nSPS) is 13.8. The van der Waals surface area contributed by atoms with Crippen molar-refractivity contribution in [3.63, 3.8) is 0 Å². The van der Waals surface area contributed by atoms with E-state index in [0.29, 0.717) is 0 Å². The molecule has 3 heteroatoms. The minimum absolute atomic E-state index is 0.200. The van der Waals surface area contributed by atoms with Crippen molar-refractivity contribution in [3.05, 3.63) is 156 Å². The molecule has 0 bridgehead atoms. The first-order chi connectivity index (χ1) is 21.0. The van der Waals surface area contributed by atoms with E-state index in [2.05, 4.69) is 170 Å². The molecular formula is C40H32N2O. The Labute approximate surface area is 253 Å². The van der Waals surface area contributed by atoms with Crippen LogP contribution in [0.1, 0.15) is 30.5 Å². The lowest BCUT2D eigenvalue weighted by molar-refractivity contribution is 0.471. The molecule has 0 radical (unpaired) electrons. The number of benzene rings is 6. The van der Waals surface area contributed by atoms with E-state index < -0.39 is 0 Å². The van der Waals surface area contributed by atoms with Crippen LogP contribution in [0.3, 0.4) is 0 Å². The molecule has 0 fully saturated rings. The number of rotatable bonds is 4. The molecule has 0 saturated heterocycles. The summed E-state index contributed by atoms with van der Waals surface area (Å²) >= 11 is 0. The van der Waals surface area contributed by atoms with Crippen LogP contribution in [-0.2, 0) is 5.41 Å². The summed E-state index contributed by atoms with van der Waals surface area (Å²) in [5.41, 5.74) is 12.9. The van der Waals surface area contributed by atoms with Gasteiger partial charge in [0.05, 0.1) is 17.1 Å². The summed E-state index contributed by atoms with van der Waals surface area (Å²) in [4.78, 5) is 4.72. The Morgan fingerprint density at radius 1 is 0.535 bits per heavy atom. The first-order valence-electron chi connectivity index (χ1n) is 14.9. The predicted octanol–water partition coefficient (Wildman–Crippen LogP) is 11.3. The van der Waals surface area contributed by atoms with E-state index in [0.717, 1.165) is 39.9 Å². The minimum atomic E-state index is -0.200. The van der Waals surface area contributed by atoms with Crippen molar-refractivity contribution in [1.82, 2.24) is 0 Å².